The van der Waals surface area contributed by atoms with Gasteiger partial charge in [-0.25, -0.2) is 0 Å². The summed E-state index contributed by atoms with van der Waals surface area (Å²) >= 11 is 0. The molecule has 0 N–H and O–H groups in total. The van der Waals surface area contributed by atoms with Gasteiger partial charge in [-0.05, 0) is 32.9 Å². The van der Waals surface area contributed by atoms with E-state index in [1.165, 1.54) is 5.56 Å². The van der Waals surface area contributed by atoms with Crippen molar-refractivity contribution in [2.75, 3.05) is 20.2 Å². The molecular weight excluding hydrogens is 254 g/mol. The predicted octanol–water partition coefficient (Wildman–Crippen LogP) is 2.40. The third-order valence-corrected chi connectivity index (χ3v) is 3.78. The molecule has 0 aliphatic carbocycles. The summed E-state index contributed by atoms with van der Waals surface area (Å²) in [6.07, 6.45) is 0.925. The number of ether oxygens (including phenoxy) is 2. The van der Waals surface area contributed by atoms with Crippen molar-refractivity contribution in [1.29, 1.82) is 0 Å². The number of nitrogens with zero attached hydrogens (tertiary/aromatic N) is 1. The summed E-state index contributed by atoms with van der Waals surface area (Å²) in [6.45, 7) is 6.99. The van der Waals surface area contributed by atoms with Crippen molar-refractivity contribution < 1.29 is 14.3 Å². The highest BCUT2D eigenvalue weighted by Gasteiger charge is 2.36. The summed E-state index contributed by atoms with van der Waals surface area (Å²) in [4.78, 5) is 14.1. The number of hydrogen-bond acceptors (Lipinski definition) is 3. The maximum absolute atomic E-state index is 12.3. The molecule has 1 aliphatic heterocycles. The number of amides is 1. The first-order chi connectivity index (χ1) is 9.42. The first kappa shape index (κ1) is 14.9. The van der Waals surface area contributed by atoms with Gasteiger partial charge < -0.3 is 14.4 Å². The second-order valence-corrected chi connectivity index (χ2v) is 5.81. The molecule has 1 heterocycles. The minimum Gasteiger partial charge on any atom is -0.489 e. The van der Waals surface area contributed by atoms with Crippen LogP contribution in [0.5, 0.6) is 5.75 Å². The molecule has 1 aliphatic rings. The van der Waals surface area contributed by atoms with Crippen molar-refractivity contribution in [2.24, 2.45) is 0 Å². The van der Waals surface area contributed by atoms with E-state index in [4.69, 9.17) is 9.47 Å². The fraction of sp³-hybridized carbons (Fsp3) is 0.562. The molecule has 1 aromatic carbocycles. The van der Waals surface area contributed by atoms with Crippen LogP contribution in [0.2, 0.25) is 0 Å². The Morgan fingerprint density at radius 2 is 1.95 bits per heavy atom. The Morgan fingerprint density at radius 3 is 2.55 bits per heavy atom. The van der Waals surface area contributed by atoms with Gasteiger partial charge in [-0.1, -0.05) is 17.7 Å². The van der Waals surface area contributed by atoms with Crippen molar-refractivity contribution in [3.63, 3.8) is 0 Å². The molecule has 0 spiro atoms. The van der Waals surface area contributed by atoms with Gasteiger partial charge in [0.05, 0.1) is 6.54 Å². The average molecular weight is 277 g/mol. The predicted molar refractivity (Wildman–Crippen MR) is 77.9 cm³/mol. The smallest absolute Gasteiger partial charge is 0.254 e. The third kappa shape index (κ3) is 3.31. The Morgan fingerprint density at radius 1 is 1.30 bits per heavy atom. The van der Waals surface area contributed by atoms with Crippen LogP contribution in [0.15, 0.2) is 24.3 Å². The van der Waals surface area contributed by atoms with Gasteiger partial charge in [0, 0.05) is 20.1 Å². The van der Waals surface area contributed by atoms with Crippen LogP contribution in [-0.2, 0) is 9.53 Å². The lowest BCUT2D eigenvalue weighted by atomic mass is 10.1. The summed E-state index contributed by atoms with van der Waals surface area (Å²) in [7, 11) is 1.56. The van der Waals surface area contributed by atoms with Crippen LogP contribution in [0.25, 0.3) is 0 Å². The molecule has 20 heavy (non-hydrogen) atoms. The molecule has 1 unspecified atom stereocenters. The monoisotopic (exact) mass is 277 g/mol. The normalized spacial score (nSPS) is 19.2. The van der Waals surface area contributed by atoms with E-state index in [1.54, 1.807) is 21.0 Å². The Hall–Kier alpha value is -1.55. The van der Waals surface area contributed by atoms with Crippen molar-refractivity contribution in [2.45, 2.75) is 38.9 Å². The fourth-order valence-corrected chi connectivity index (χ4v) is 2.29. The summed E-state index contributed by atoms with van der Waals surface area (Å²) < 4.78 is 11.2. The van der Waals surface area contributed by atoms with Gasteiger partial charge in [0.25, 0.3) is 5.91 Å². The maximum atomic E-state index is 12.3. The van der Waals surface area contributed by atoms with Crippen LogP contribution in [0.3, 0.4) is 0 Å². The van der Waals surface area contributed by atoms with E-state index in [2.05, 4.69) is 0 Å². The highest BCUT2D eigenvalue weighted by molar-refractivity contribution is 5.84. The molecule has 0 saturated carbocycles. The lowest BCUT2D eigenvalue weighted by Crippen LogP contribution is -2.45. The van der Waals surface area contributed by atoms with E-state index >= 15 is 0 Å². The molecule has 1 aromatic rings. The van der Waals surface area contributed by atoms with Gasteiger partial charge >= 0.3 is 0 Å². The molecule has 0 radical (unpaired) electrons. The van der Waals surface area contributed by atoms with Crippen molar-refractivity contribution in [3.05, 3.63) is 29.8 Å². The second-order valence-electron chi connectivity index (χ2n) is 5.81. The first-order valence-electron chi connectivity index (χ1n) is 7.00. The molecular formula is C16H23NO3. The highest BCUT2D eigenvalue weighted by atomic mass is 16.5. The molecule has 1 saturated heterocycles. The molecule has 0 bridgehead atoms. The second kappa shape index (κ2) is 5.83. The number of aryl methyl sites for hydroxylation is 1. The van der Waals surface area contributed by atoms with Gasteiger partial charge in [0.1, 0.15) is 17.5 Å². The summed E-state index contributed by atoms with van der Waals surface area (Å²) in [5.41, 5.74) is 0.445. The highest BCUT2D eigenvalue weighted by Crippen LogP contribution is 2.22. The Balaban J connectivity index is 1.92. The average Bonchev–Trinajstić information content (AvgIpc) is 2.89. The van der Waals surface area contributed by atoms with Gasteiger partial charge in [0.2, 0.25) is 0 Å². The zero-order chi connectivity index (χ0) is 14.8. The summed E-state index contributed by atoms with van der Waals surface area (Å²) in [6, 6.07) is 8.00. The molecule has 0 aromatic heterocycles. The lowest BCUT2D eigenvalue weighted by Gasteiger charge is -2.27. The van der Waals surface area contributed by atoms with Crippen molar-refractivity contribution in [1.82, 2.24) is 4.90 Å². The van der Waals surface area contributed by atoms with Crippen LogP contribution in [0.1, 0.15) is 25.8 Å². The van der Waals surface area contributed by atoms with E-state index in [0.29, 0.717) is 6.54 Å². The maximum Gasteiger partial charge on any atom is 0.254 e. The van der Waals surface area contributed by atoms with E-state index in [0.717, 1.165) is 18.7 Å². The first-order valence-corrected chi connectivity index (χ1v) is 7.00. The molecule has 110 valence electrons. The zero-order valence-corrected chi connectivity index (χ0v) is 12.7. The van der Waals surface area contributed by atoms with Gasteiger partial charge in [-0.3, -0.25) is 4.79 Å². The van der Waals surface area contributed by atoms with Gasteiger partial charge in [-0.2, -0.15) is 0 Å². The Kier molecular flexibility index (Phi) is 4.33. The van der Waals surface area contributed by atoms with E-state index in [-0.39, 0.29) is 12.0 Å². The topological polar surface area (TPSA) is 38.8 Å². The molecule has 1 atom stereocenters. The van der Waals surface area contributed by atoms with E-state index in [1.807, 2.05) is 36.1 Å². The van der Waals surface area contributed by atoms with Crippen LogP contribution in [0.4, 0.5) is 0 Å². The van der Waals surface area contributed by atoms with Crippen molar-refractivity contribution in [3.8, 4) is 5.75 Å². The molecule has 1 amide bonds. The number of methoxy groups -OCH3 is 1. The lowest BCUT2D eigenvalue weighted by molar-refractivity contribution is -0.150. The van der Waals surface area contributed by atoms with E-state index in [9.17, 15) is 4.79 Å². The quantitative estimate of drug-likeness (QED) is 0.848. The van der Waals surface area contributed by atoms with Crippen LogP contribution < -0.4 is 4.74 Å². The molecule has 4 nitrogen and oxygen atoms in total. The number of likely N-dealkylation sites (tertiary alicyclic amines) is 1. The molecule has 1 fully saturated rings. The standard InChI is InChI=1S/C16H23NO3/c1-12-5-7-13(8-6-12)20-14-9-10-17(11-14)15(18)16(2,3)19-4/h5-8,14H,9-11H2,1-4H3. The largest absolute Gasteiger partial charge is 0.489 e. The summed E-state index contributed by atoms with van der Waals surface area (Å²) in [5.74, 6) is 0.885. The zero-order valence-electron chi connectivity index (χ0n) is 12.7. The summed E-state index contributed by atoms with van der Waals surface area (Å²) in [5, 5.41) is 0. The van der Waals surface area contributed by atoms with Crippen LogP contribution >= 0.6 is 0 Å². The van der Waals surface area contributed by atoms with Gasteiger partial charge in [-0.15, -0.1) is 0 Å². The number of carbonyl (C=O) groups is 1. The number of carbonyl (C=O) groups excluding carboxylic acids is 1. The number of benzene rings is 1. The van der Waals surface area contributed by atoms with E-state index < -0.39 is 5.60 Å². The van der Waals surface area contributed by atoms with Gasteiger partial charge in [0.15, 0.2) is 0 Å². The fourth-order valence-electron chi connectivity index (χ4n) is 2.29. The minimum atomic E-state index is -0.765. The molecule has 4 heteroatoms. The Labute approximate surface area is 120 Å². The number of rotatable bonds is 4. The SMILES string of the molecule is COC(C)(C)C(=O)N1CCC(Oc2ccc(C)cc2)C1. The van der Waals surface area contributed by atoms with Crippen LogP contribution in [0, 0.1) is 6.92 Å². The van der Waals surface area contributed by atoms with Crippen molar-refractivity contribution >= 4 is 5.91 Å². The van der Waals surface area contributed by atoms with Crippen LogP contribution in [-0.4, -0.2) is 42.7 Å². The molecule has 2 rings (SSSR count). The number of hydrogen-bond donors (Lipinski definition) is 0. The Bertz CT molecular complexity index is 467. The minimum absolute atomic E-state index is 0.0232. The third-order valence-electron chi connectivity index (χ3n) is 3.78.